The van der Waals surface area contributed by atoms with Crippen LogP contribution in [0.4, 0.5) is 22.0 Å². The molecular formula is C17H14F5N3O3S. The minimum atomic E-state index is -3.20. The normalized spacial score (nSPS) is 14.7. The Morgan fingerprint density at radius 3 is 2.62 bits per heavy atom. The van der Waals surface area contributed by atoms with Crippen LogP contribution in [-0.4, -0.2) is 28.9 Å². The number of hydrogen-bond donors (Lipinski definition) is 1. The van der Waals surface area contributed by atoms with Crippen LogP contribution in [0.1, 0.15) is 17.4 Å². The van der Waals surface area contributed by atoms with Crippen LogP contribution in [0.3, 0.4) is 0 Å². The highest BCUT2D eigenvalue weighted by Gasteiger charge is 2.25. The second kappa shape index (κ2) is 9.74. The van der Waals surface area contributed by atoms with Crippen molar-refractivity contribution in [3.63, 3.8) is 0 Å². The molecule has 0 fully saturated rings. The molecule has 0 saturated carbocycles. The van der Waals surface area contributed by atoms with Gasteiger partial charge in [-0.1, -0.05) is 6.07 Å². The van der Waals surface area contributed by atoms with Crippen molar-refractivity contribution in [1.82, 2.24) is 14.7 Å². The molecule has 12 heteroatoms. The summed E-state index contributed by atoms with van der Waals surface area (Å²) in [6.07, 6.45) is 2.18. The second-order valence-corrected chi connectivity index (χ2v) is 6.37. The molecule has 1 aromatic heterocycles. The van der Waals surface area contributed by atoms with Crippen molar-refractivity contribution in [2.75, 3.05) is 5.75 Å². The van der Waals surface area contributed by atoms with E-state index in [0.29, 0.717) is 17.0 Å². The van der Waals surface area contributed by atoms with E-state index in [0.717, 1.165) is 12.1 Å². The van der Waals surface area contributed by atoms with Crippen LogP contribution in [0.25, 0.3) is 0 Å². The first-order valence-electron chi connectivity index (χ1n) is 8.13. The fourth-order valence-corrected chi connectivity index (χ4v) is 3.11. The van der Waals surface area contributed by atoms with Gasteiger partial charge in [-0.05, 0) is 36.2 Å². The third-order valence-electron chi connectivity index (χ3n) is 3.60. The minimum Gasteiger partial charge on any atom is -0.449 e. The fraction of sp³-hybridized carbons (Fsp3) is 0.294. The van der Waals surface area contributed by atoms with Gasteiger partial charge in [-0.15, -0.1) is 0 Å². The molecule has 1 unspecified atom stereocenters. The number of alkyl halides is 4. The molecule has 6 nitrogen and oxygen atoms in total. The molecule has 0 radical (unpaired) electrons. The lowest BCUT2D eigenvalue weighted by Crippen LogP contribution is -2.18. The van der Waals surface area contributed by atoms with E-state index in [2.05, 4.69) is 24.2 Å². The van der Waals surface area contributed by atoms with Gasteiger partial charge in [-0.2, -0.15) is 22.5 Å². The topological polar surface area (TPSA) is 65.5 Å². The Bertz CT molecular complexity index is 872. The monoisotopic (exact) mass is 435 g/mol. The third-order valence-corrected chi connectivity index (χ3v) is 4.32. The van der Waals surface area contributed by atoms with E-state index in [1.807, 2.05) is 0 Å². The zero-order chi connectivity index (χ0) is 20.8. The van der Waals surface area contributed by atoms with Gasteiger partial charge in [0.25, 0.3) is 0 Å². The largest absolute Gasteiger partial charge is 0.449 e. The van der Waals surface area contributed by atoms with Crippen molar-refractivity contribution >= 4 is 11.9 Å². The van der Waals surface area contributed by atoms with Crippen molar-refractivity contribution in [1.29, 1.82) is 0 Å². The number of rotatable bonds is 9. The molecule has 156 valence electrons. The lowest BCUT2D eigenvalue weighted by molar-refractivity contribution is -0.138. The number of nitrogens with zero attached hydrogens (tertiary/aromatic N) is 2. The number of aromatic nitrogens is 2. The first kappa shape index (κ1) is 21.1. The summed E-state index contributed by atoms with van der Waals surface area (Å²) in [5.74, 6) is -0.991. The van der Waals surface area contributed by atoms with Crippen LogP contribution in [-0.2, 0) is 11.3 Å². The number of halogens is 5. The van der Waals surface area contributed by atoms with E-state index in [9.17, 15) is 22.0 Å². The van der Waals surface area contributed by atoms with Gasteiger partial charge < -0.3 is 18.9 Å². The average Bonchev–Trinajstić information content (AvgIpc) is 3.21. The molecule has 29 heavy (non-hydrogen) atoms. The Labute approximate surface area is 166 Å². The lowest BCUT2D eigenvalue weighted by Gasteiger charge is -2.20. The molecule has 0 bridgehead atoms. The number of hydrogen-bond acceptors (Lipinski definition) is 7. The molecule has 1 N–H and O–H groups in total. The average molecular weight is 435 g/mol. The minimum absolute atomic E-state index is 0.151. The van der Waals surface area contributed by atoms with Gasteiger partial charge in [0.1, 0.15) is 0 Å². The maximum atomic E-state index is 13.8. The Balaban J connectivity index is 1.87. The SMILES string of the molecule is Fc1ccc(C(Oc2nccc(COC(F)F)n2)C2=CCSN2)cc1OC(F)F. The van der Waals surface area contributed by atoms with Gasteiger partial charge in [0, 0.05) is 17.5 Å². The van der Waals surface area contributed by atoms with Gasteiger partial charge in [-0.3, -0.25) is 0 Å². The standard InChI is InChI=1S/C17H14F5N3O3S/c18-11-2-1-9(7-13(11)27-16(21)22)14(12-4-6-29-25-12)28-17-23-5-3-10(24-17)8-26-15(19)20/h1-5,7,14-16,25H,6,8H2. The van der Waals surface area contributed by atoms with E-state index in [1.54, 1.807) is 6.08 Å². The van der Waals surface area contributed by atoms with Gasteiger partial charge in [0.2, 0.25) is 0 Å². The van der Waals surface area contributed by atoms with Crippen LogP contribution in [0.5, 0.6) is 11.8 Å². The Hall–Kier alpha value is -2.60. The highest BCUT2D eigenvalue weighted by atomic mass is 32.2. The molecule has 1 aromatic carbocycles. The quantitative estimate of drug-likeness (QED) is 0.468. The van der Waals surface area contributed by atoms with E-state index in [1.165, 1.54) is 30.3 Å². The molecule has 3 rings (SSSR count). The zero-order valence-corrected chi connectivity index (χ0v) is 15.3. The van der Waals surface area contributed by atoms with Gasteiger partial charge in [0.15, 0.2) is 17.7 Å². The van der Waals surface area contributed by atoms with Crippen LogP contribution >= 0.6 is 11.9 Å². The Kier molecular flexibility index (Phi) is 7.09. The predicted molar refractivity (Wildman–Crippen MR) is 92.9 cm³/mol. The van der Waals surface area contributed by atoms with Crippen LogP contribution < -0.4 is 14.2 Å². The Morgan fingerprint density at radius 1 is 1.10 bits per heavy atom. The fourth-order valence-electron chi connectivity index (χ4n) is 2.41. The Morgan fingerprint density at radius 2 is 1.93 bits per heavy atom. The summed E-state index contributed by atoms with van der Waals surface area (Å²) in [5.41, 5.74) is 1.00. The molecule has 1 atom stereocenters. The maximum Gasteiger partial charge on any atom is 0.387 e. The number of nitrogens with one attached hydrogen (secondary N) is 1. The molecule has 0 amide bonds. The van der Waals surface area contributed by atoms with Crippen molar-refractivity contribution < 1.29 is 36.2 Å². The van der Waals surface area contributed by atoms with Gasteiger partial charge >= 0.3 is 19.2 Å². The van der Waals surface area contributed by atoms with E-state index < -0.39 is 37.5 Å². The first-order chi connectivity index (χ1) is 13.9. The summed E-state index contributed by atoms with van der Waals surface area (Å²) in [4.78, 5) is 7.92. The summed E-state index contributed by atoms with van der Waals surface area (Å²) >= 11 is 1.36. The number of benzene rings is 1. The maximum absolute atomic E-state index is 13.8. The molecule has 2 aromatic rings. The third kappa shape index (κ3) is 5.94. The van der Waals surface area contributed by atoms with Crippen LogP contribution in [0, 0.1) is 5.82 Å². The molecular weight excluding hydrogens is 421 g/mol. The van der Waals surface area contributed by atoms with Crippen molar-refractivity contribution in [2.24, 2.45) is 0 Å². The zero-order valence-electron chi connectivity index (χ0n) is 14.5. The predicted octanol–water partition coefficient (Wildman–Crippen LogP) is 4.21. The van der Waals surface area contributed by atoms with Gasteiger partial charge in [-0.25, -0.2) is 9.37 Å². The highest BCUT2D eigenvalue weighted by molar-refractivity contribution is 7.97. The van der Waals surface area contributed by atoms with Crippen LogP contribution in [0.15, 0.2) is 42.2 Å². The molecule has 2 heterocycles. The van der Waals surface area contributed by atoms with E-state index >= 15 is 0 Å². The van der Waals surface area contributed by atoms with Crippen molar-refractivity contribution in [3.05, 3.63) is 59.3 Å². The molecule has 0 spiro atoms. The highest BCUT2D eigenvalue weighted by Crippen LogP contribution is 2.32. The van der Waals surface area contributed by atoms with E-state index in [4.69, 9.17) is 4.74 Å². The van der Waals surface area contributed by atoms with E-state index in [-0.39, 0.29) is 11.7 Å². The summed E-state index contributed by atoms with van der Waals surface area (Å²) in [5, 5.41) is 0. The molecule has 0 saturated heterocycles. The smallest absolute Gasteiger partial charge is 0.387 e. The molecule has 1 aliphatic rings. The summed E-state index contributed by atoms with van der Waals surface area (Å²) in [6.45, 7) is -6.62. The number of ether oxygens (including phenoxy) is 3. The van der Waals surface area contributed by atoms with Crippen LogP contribution in [0.2, 0.25) is 0 Å². The molecule has 1 aliphatic heterocycles. The van der Waals surface area contributed by atoms with Crippen molar-refractivity contribution in [2.45, 2.75) is 25.9 Å². The van der Waals surface area contributed by atoms with Crippen molar-refractivity contribution in [3.8, 4) is 11.8 Å². The summed E-state index contributed by atoms with van der Waals surface area (Å²) < 4.78 is 80.4. The summed E-state index contributed by atoms with van der Waals surface area (Å²) in [7, 11) is 0. The summed E-state index contributed by atoms with van der Waals surface area (Å²) in [6, 6.07) is 4.61. The second-order valence-electron chi connectivity index (χ2n) is 5.54. The molecule has 0 aliphatic carbocycles. The lowest BCUT2D eigenvalue weighted by atomic mass is 10.1. The first-order valence-corrected chi connectivity index (χ1v) is 9.11. The van der Waals surface area contributed by atoms with Gasteiger partial charge in [0.05, 0.1) is 18.0 Å².